The van der Waals surface area contributed by atoms with Gasteiger partial charge in [-0.25, -0.2) is 8.78 Å². The molecule has 0 amide bonds. The molecule has 2 aromatic carbocycles. The Bertz CT molecular complexity index is 1410. The number of H-pyrrole nitrogens is 1. The number of benzene rings is 2. The smallest absolute Gasteiger partial charge is 0.278 e. The first kappa shape index (κ1) is 25.1. The highest BCUT2D eigenvalue weighted by molar-refractivity contribution is 7.73. The largest absolute Gasteiger partial charge is 0.316 e. The zero-order valence-corrected chi connectivity index (χ0v) is 20.9. The Labute approximate surface area is 204 Å². The summed E-state index contributed by atoms with van der Waals surface area (Å²) in [6.07, 6.45) is 0. The number of aromatic nitrogens is 3. The number of para-hydroxylation sites is 1. The fourth-order valence-electron chi connectivity index (χ4n) is 3.33. The van der Waals surface area contributed by atoms with Gasteiger partial charge in [0.1, 0.15) is 22.0 Å². The molecule has 0 bridgehead atoms. The second-order valence-corrected chi connectivity index (χ2v) is 9.03. The Morgan fingerprint density at radius 3 is 2.09 bits per heavy atom. The van der Waals surface area contributed by atoms with Crippen LogP contribution in [0.1, 0.15) is 20.8 Å². The van der Waals surface area contributed by atoms with Gasteiger partial charge < -0.3 is 9.88 Å². The van der Waals surface area contributed by atoms with E-state index < -0.39 is 17.2 Å². The normalized spacial score (nSPS) is 11.0. The van der Waals surface area contributed by atoms with Crippen LogP contribution in [0.4, 0.5) is 8.78 Å². The molecule has 0 fully saturated rings. The molecule has 2 aromatic heterocycles. The van der Waals surface area contributed by atoms with Crippen LogP contribution in [0.3, 0.4) is 0 Å². The first-order chi connectivity index (χ1) is 15.8. The summed E-state index contributed by atoms with van der Waals surface area (Å²) in [6.45, 7) is 10.1. The van der Waals surface area contributed by atoms with Gasteiger partial charge in [0.2, 0.25) is 0 Å². The highest BCUT2D eigenvalue weighted by atomic mass is 32.1. The number of hydrogen-bond donors (Lipinski definition) is 1. The van der Waals surface area contributed by atoms with E-state index in [-0.39, 0.29) is 10.5 Å². The maximum absolute atomic E-state index is 14.2. The third kappa shape index (κ3) is 5.35. The van der Waals surface area contributed by atoms with Crippen molar-refractivity contribution in [2.24, 2.45) is 0 Å². The van der Waals surface area contributed by atoms with Crippen molar-refractivity contribution < 1.29 is 8.78 Å². The summed E-state index contributed by atoms with van der Waals surface area (Å²) >= 11 is 11.7. The number of nitrogens with zero attached hydrogens (tertiary/aromatic N) is 3. The van der Waals surface area contributed by atoms with Crippen molar-refractivity contribution in [1.82, 2.24) is 19.0 Å². The lowest BCUT2D eigenvalue weighted by atomic mass is 10.3. The molecule has 0 aliphatic carbocycles. The standard InChI is InChI=1S/C17H9F2N3OS3.C6H15N/c18-9-5-7-10(8-6-9)21-15(23)13-14(20-16(21)24)22(17(25)26-13)12-4-2-1-3-11(12)19;1-4-7(5-2)6-3/h1-8H,(H,20,24);4-6H2,1-3H3. The molecule has 0 saturated carbocycles. The summed E-state index contributed by atoms with van der Waals surface area (Å²) in [5, 5.41) is 0. The van der Waals surface area contributed by atoms with Gasteiger partial charge in [-0.2, -0.15) is 0 Å². The Hall–Kier alpha value is -2.53. The molecule has 0 radical (unpaired) electrons. The highest BCUT2D eigenvalue weighted by Crippen LogP contribution is 2.25. The molecule has 10 heteroatoms. The van der Waals surface area contributed by atoms with E-state index in [2.05, 4.69) is 30.7 Å². The summed E-state index contributed by atoms with van der Waals surface area (Å²) in [5.74, 6) is -0.885. The fraction of sp³-hybridized carbons (Fsp3) is 0.261. The summed E-state index contributed by atoms with van der Waals surface area (Å²) in [6, 6.07) is 11.5. The molecule has 33 heavy (non-hydrogen) atoms. The average molecular weight is 507 g/mol. The van der Waals surface area contributed by atoms with E-state index in [9.17, 15) is 13.6 Å². The summed E-state index contributed by atoms with van der Waals surface area (Å²) in [7, 11) is 0. The van der Waals surface area contributed by atoms with Crippen LogP contribution in [0, 0.1) is 20.4 Å². The molecule has 4 aromatic rings. The third-order valence-corrected chi connectivity index (χ3v) is 6.80. The van der Waals surface area contributed by atoms with Crippen molar-refractivity contribution in [3.8, 4) is 11.4 Å². The molecule has 0 unspecified atom stereocenters. The zero-order valence-electron chi connectivity index (χ0n) is 18.5. The van der Waals surface area contributed by atoms with Crippen molar-refractivity contribution in [3.63, 3.8) is 0 Å². The number of aromatic amines is 1. The minimum absolute atomic E-state index is 0.104. The van der Waals surface area contributed by atoms with Gasteiger partial charge in [0.25, 0.3) is 5.56 Å². The van der Waals surface area contributed by atoms with E-state index in [0.717, 1.165) is 11.3 Å². The number of rotatable bonds is 5. The third-order valence-electron chi connectivity index (χ3n) is 5.16. The highest BCUT2D eigenvalue weighted by Gasteiger charge is 2.16. The lowest BCUT2D eigenvalue weighted by Crippen LogP contribution is -2.21. The van der Waals surface area contributed by atoms with Crippen LogP contribution in [0.5, 0.6) is 0 Å². The average Bonchev–Trinajstić information content (AvgIpc) is 3.13. The second-order valence-electron chi connectivity index (χ2n) is 7.00. The minimum Gasteiger partial charge on any atom is -0.316 e. The monoisotopic (exact) mass is 506 g/mol. The van der Waals surface area contributed by atoms with Crippen LogP contribution in [-0.4, -0.2) is 38.7 Å². The van der Waals surface area contributed by atoms with E-state index in [0.29, 0.717) is 20.0 Å². The predicted octanol–water partition coefficient (Wildman–Crippen LogP) is 6.26. The van der Waals surface area contributed by atoms with Crippen molar-refractivity contribution in [2.75, 3.05) is 19.6 Å². The van der Waals surface area contributed by atoms with Gasteiger partial charge >= 0.3 is 0 Å². The van der Waals surface area contributed by atoms with Gasteiger partial charge in [-0.3, -0.25) is 13.9 Å². The van der Waals surface area contributed by atoms with E-state index >= 15 is 0 Å². The molecule has 5 nitrogen and oxygen atoms in total. The number of halogens is 2. The minimum atomic E-state index is -0.467. The first-order valence-corrected chi connectivity index (χ1v) is 12.1. The van der Waals surface area contributed by atoms with Crippen LogP contribution >= 0.6 is 35.8 Å². The van der Waals surface area contributed by atoms with Gasteiger partial charge in [0, 0.05) is 0 Å². The molecule has 1 N–H and O–H groups in total. The Balaban J connectivity index is 0.000000383. The van der Waals surface area contributed by atoms with Crippen LogP contribution in [-0.2, 0) is 0 Å². The number of hydrogen-bond acceptors (Lipinski definition) is 5. The summed E-state index contributed by atoms with van der Waals surface area (Å²) in [4.78, 5) is 18.3. The maximum atomic E-state index is 14.2. The SMILES string of the molecule is CCN(CC)CC.O=c1c2sc(=S)n(-c3ccccc3F)c2[nH]c(=S)n1-c1ccc(F)cc1. The summed E-state index contributed by atoms with van der Waals surface area (Å²) < 4.78 is 30.8. The van der Waals surface area contributed by atoms with Gasteiger partial charge in [-0.05, 0) is 80.5 Å². The van der Waals surface area contributed by atoms with Gasteiger partial charge in [-0.15, -0.1) is 0 Å². The summed E-state index contributed by atoms with van der Waals surface area (Å²) in [5.41, 5.74) is 0.588. The van der Waals surface area contributed by atoms with E-state index in [4.69, 9.17) is 24.4 Å². The maximum Gasteiger partial charge on any atom is 0.278 e. The van der Waals surface area contributed by atoms with Crippen LogP contribution in [0.15, 0.2) is 53.3 Å². The van der Waals surface area contributed by atoms with Gasteiger partial charge in [0.15, 0.2) is 8.73 Å². The quantitative estimate of drug-likeness (QED) is 0.325. The van der Waals surface area contributed by atoms with E-state index in [1.54, 1.807) is 18.2 Å². The Morgan fingerprint density at radius 2 is 1.55 bits per heavy atom. The van der Waals surface area contributed by atoms with Crippen LogP contribution < -0.4 is 5.56 Å². The van der Waals surface area contributed by atoms with Gasteiger partial charge in [0.05, 0.1) is 11.4 Å². The molecule has 174 valence electrons. The molecule has 0 saturated heterocycles. The first-order valence-electron chi connectivity index (χ1n) is 10.5. The molecule has 0 aliphatic rings. The second kappa shape index (κ2) is 11.1. The molecule has 4 rings (SSSR count). The molecular formula is C23H24F2N4OS3. The number of nitrogens with one attached hydrogen (secondary N) is 1. The fourth-order valence-corrected chi connectivity index (χ4v) is 4.93. The molecule has 2 heterocycles. The zero-order chi connectivity index (χ0) is 24.1. The lowest BCUT2D eigenvalue weighted by molar-refractivity contribution is 0.321. The lowest BCUT2D eigenvalue weighted by Gasteiger charge is -2.13. The topological polar surface area (TPSA) is 46.0 Å². The molecule has 0 atom stereocenters. The van der Waals surface area contributed by atoms with Crippen LogP contribution in [0.25, 0.3) is 21.7 Å². The van der Waals surface area contributed by atoms with Crippen molar-refractivity contribution in [1.29, 1.82) is 0 Å². The van der Waals surface area contributed by atoms with Crippen LogP contribution in [0.2, 0.25) is 0 Å². The van der Waals surface area contributed by atoms with Crippen molar-refractivity contribution in [2.45, 2.75) is 20.8 Å². The Kier molecular flexibility index (Phi) is 8.41. The number of fused-ring (bicyclic) bond motifs is 1. The van der Waals surface area contributed by atoms with E-state index in [1.165, 1.54) is 59.1 Å². The van der Waals surface area contributed by atoms with Crippen molar-refractivity contribution in [3.05, 3.63) is 79.2 Å². The Morgan fingerprint density at radius 1 is 0.939 bits per heavy atom. The molecular weight excluding hydrogens is 482 g/mol. The van der Waals surface area contributed by atoms with Gasteiger partial charge in [-0.1, -0.05) is 44.2 Å². The predicted molar refractivity (Wildman–Crippen MR) is 136 cm³/mol. The van der Waals surface area contributed by atoms with E-state index in [1.807, 2.05) is 0 Å². The molecule has 0 spiro atoms. The number of thiazole rings is 1. The molecule has 0 aliphatic heterocycles. The van der Waals surface area contributed by atoms with Crippen molar-refractivity contribution >= 4 is 46.1 Å².